The van der Waals surface area contributed by atoms with Gasteiger partial charge in [0.2, 0.25) is 23.6 Å². The van der Waals surface area contributed by atoms with Crippen LogP contribution in [0.4, 0.5) is 5.82 Å². The van der Waals surface area contributed by atoms with Crippen molar-refractivity contribution in [1.82, 2.24) is 14.7 Å². The van der Waals surface area contributed by atoms with Crippen LogP contribution in [-0.2, 0) is 26.2 Å². The minimum Gasteiger partial charge on any atom is -0.503 e. The number of carbonyl (C=O) groups is 4. The van der Waals surface area contributed by atoms with E-state index in [0.29, 0.717) is 46.0 Å². The molecule has 6 atom stereocenters. The van der Waals surface area contributed by atoms with Gasteiger partial charge in [-0.3, -0.25) is 28.8 Å². The second kappa shape index (κ2) is 12.0. The van der Waals surface area contributed by atoms with E-state index in [-0.39, 0.29) is 41.5 Å². The van der Waals surface area contributed by atoms with Crippen LogP contribution >= 0.6 is 38.9 Å². The van der Waals surface area contributed by atoms with Gasteiger partial charge in [0.15, 0.2) is 11.5 Å². The summed E-state index contributed by atoms with van der Waals surface area (Å²) in [6.45, 7) is 6.12. The molecule has 0 unspecified atom stereocenters. The van der Waals surface area contributed by atoms with Gasteiger partial charge in [0, 0.05) is 35.3 Å². The predicted octanol–water partition coefficient (Wildman–Crippen LogP) is 7.38. The number of methoxy groups -OCH3 is 1. The van der Waals surface area contributed by atoms with E-state index in [9.17, 15) is 19.5 Å². The van der Waals surface area contributed by atoms with Crippen molar-refractivity contribution in [2.24, 2.45) is 36.1 Å². The number of aromatic hydroxyl groups is 1. The normalized spacial score (nSPS) is 27.3. The molecule has 8 rings (SSSR count). The second-order valence-corrected chi connectivity index (χ2v) is 16.6. The monoisotopic (exact) mass is 790 g/mol. The van der Waals surface area contributed by atoms with Crippen LogP contribution in [0.5, 0.6) is 11.5 Å². The first-order valence-electron chi connectivity index (χ1n) is 17.0. The molecule has 2 aromatic heterocycles. The maximum Gasteiger partial charge on any atom is 0.242 e. The molecule has 0 radical (unpaired) electrons. The molecule has 1 saturated carbocycles. The number of likely N-dealkylation sites (tertiary alicyclic amines) is 1. The zero-order valence-electron chi connectivity index (χ0n) is 28.7. The fourth-order valence-corrected chi connectivity index (χ4v) is 11.0. The standard InChI is InChI=1S/C38H36BrClN4O6S/c1-6-11-43-34(46)21-9-8-20-23(30(21)36(43)48)15-24-35(47)44(37(49)38(24,3)31(20)18-12-25(39)32(45)27(13-18)50-5)29-16-26(41-42(29)4)33-17(2)22-14-19(40)7-10-28(22)51-33/h7-8,10,12-14,16,21,23-24,30-31,45H,6,9,11,15H2,1-5H3/t21-,23+,24-,30-,31-,38+/m0/s1. The number of rotatable bonds is 6. The van der Waals surface area contributed by atoms with E-state index in [1.54, 1.807) is 41.3 Å². The van der Waals surface area contributed by atoms with Crippen molar-refractivity contribution in [3.63, 3.8) is 0 Å². The molecule has 13 heteroatoms. The fourth-order valence-electron chi connectivity index (χ4n) is 9.25. The lowest BCUT2D eigenvalue weighted by molar-refractivity contribution is -0.140. The van der Waals surface area contributed by atoms with E-state index in [1.165, 1.54) is 16.9 Å². The largest absolute Gasteiger partial charge is 0.503 e. The lowest BCUT2D eigenvalue weighted by Crippen LogP contribution is -2.49. The molecule has 4 aromatic rings. The molecule has 264 valence electrons. The van der Waals surface area contributed by atoms with Crippen molar-refractivity contribution in [1.29, 1.82) is 0 Å². The van der Waals surface area contributed by atoms with Gasteiger partial charge >= 0.3 is 0 Å². The number of anilines is 1. The van der Waals surface area contributed by atoms with Gasteiger partial charge in [-0.15, -0.1) is 11.3 Å². The number of nitrogens with zero attached hydrogens (tertiary/aromatic N) is 4. The lowest BCUT2D eigenvalue weighted by Gasteiger charge is -2.49. The van der Waals surface area contributed by atoms with Crippen LogP contribution in [0.2, 0.25) is 5.02 Å². The van der Waals surface area contributed by atoms with E-state index < -0.39 is 35.0 Å². The summed E-state index contributed by atoms with van der Waals surface area (Å²) in [5.41, 5.74) is 1.90. The number of fused-ring (bicyclic) bond motifs is 5. The van der Waals surface area contributed by atoms with Crippen LogP contribution in [0.25, 0.3) is 20.7 Å². The average molecular weight is 792 g/mol. The number of amides is 4. The third kappa shape index (κ3) is 4.74. The Hall–Kier alpha value is -4.00. The molecule has 4 aliphatic rings. The maximum atomic E-state index is 15.1. The summed E-state index contributed by atoms with van der Waals surface area (Å²) in [6.07, 6.45) is 3.28. The molecule has 3 fully saturated rings. The van der Waals surface area contributed by atoms with Crippen LogP contribution in [0.1, 0.15) is 50.2 Å². The summed E-state index contributed by atoms with van der Waals surface area (Å²) in [5, 5.41) is 17.2. The Morgan fingerprint density at radius 1 is 1.10 bits per heavy atom. The van der Waals surface area contributed by atoms with Crippen LogP contribution in [-0.4, -0.2) is 57.1 Å². The van der Waals surface area contributed by atoms with Crippen LogP contribution < -0.4 is 9.64 Å². The summed E-state index contributed by atoms with van der Waals surface area (Å²) < 4.78 is 8.53. The number of carbonyl (C=O) groups excluding carboxylic acids is 4. The number of phenols is 1. The number of aryl methyl sites for hydroxylation is 2. The first-order valence-corrected chi connectivity index (χ1v) is 19.0. The van der Waals surface area contributed by atoms with Gasteiger partial charge in [-0.1, -0.05) is 30.2 Å². The van der Waals surface area contributed by atoms with E-state index in [2.05, 4.69) is 15.9 Å². The highest BCUT2D eigenvalue weighted by atomic mass is 79.9. The molecule has 51 heavy (non-hydrogen) atoms. The van der Waals surface area contributed by atoms with Crippen molar-refractivity contribution in [2.75, 3.05) is 18.6 Å². The molecule has 4 heterocycles. The first-order chi connectivity index (χ1) is 24.3. The van der Waals surface area contributed by atoms with E-state index in [1.807, 2.05) is 45.0 Å². The summed E-state index contributed by atoms with van der Waals surface area (Å²) in [6, 6.07) is 11.0. The van der Waals surface area contributed by atoms with Gasteiger partial charge in [0.05, 0.1) is 39.6 Å². The minimum absolute atomic E-state index is 0.0866. The average Bonchev–Trinajstić information content (AvgIpc) is 3.77. The molecular weight excluding hydrogens is 756 g/mol. The number of hydrogen-bond acceptors (Lipinski definition) is 8. The second-order valence-electron chi connectivity index (χ2n) is 14.3. The van der Waals surface area contributed by atoms with Crippen LogP contribution in [0.3, 0.4) is 0 Å². The number of phenolic OH excluding ortho intramolecular Hbond substituents is 1. The third-order valence-electron chi connectivity index (χ3n) is 11.6. The first kappa shape index (κ1) is 34.1. The van der Waals surface area contributed by atoms with Gasteiger partial charge in [-0.2, -0.15) is 5.10 Å². The van der Waals surface area contributed by atoms with Crippen molar-refractivity contribution < 1.29 is 29.0 Å². The Morgan fingerprint density at radius 3 is 2.59 bits per heavy atom. The smallest absolute Gasteiger partial charge is 0.242 e. The molecule has 2 aliphatic heterocycles. The number of hydrogen-bond donors (Lipinski definition) is 1. The quantitative estimate of drug-likeness (QED) is 0.160. The molecule has 2 aliphatic carbocycles. The van der Waals surface area contributed by atoms with Crippen molar-refractivity contribution in [3.05, 3.63) is 68.7 Å². The number of halogens is 2. The van der Waals surface area contributed by atoms with Gasteiger partial charge in [-0.05, 0) is 102 Å². The summed E-state index contributed by atoms with van der Waals surface area (Å²) in [7, 11) is 3.18. The highest BCUT2D eigenvalue weighted by Gasteiger charge is 2.68. The number of imide groups is 2. The Labute approximate surface area is 312 Å². The van der Waals surface area contributed by atoms with E-state index >= 15 is 4.79 Å². The molecule has 2 aromatic carbocycles. The van der Waals surface area contributed by atoms with Gasteiger partial charge < -0.3 is 9.84 Å². The van der Waals surface area contributed by atoms with Crippen LogP contribution in [0.15, 0.2) is 52.5 Å². The maximum absolute atomic E-state index is 15.1. The number of allylic oxidation sites excluding steroid dienone is 2. The zero-order valence-corrected chi connectivity index (χ0v) is 31.9. The van der Waals surface area contributed by atoms with Gasteiger partial charge in [0.1, 0.15) is 11.5 Å². The molecule has 0 spiro atoms. The molecule has 1 N–H and O–H groups in total. The molecule has 0 bridgehead atoms. The molecular formula is C38H36BrClN4O6S. The number of aromatic nitrogens is 2. The highest BCUT2D eigenvalue weighted by molar-refractivity contribution is 9.10. The molecule has 4 amide bonds. The molecule has 2 saturated heterocycles. The van der Waals surface area contributed by atoms with Crippen molar-refractivity contribution in [3.8, 4) is 22.1 Å². The van der Waals surface area contributed by atoms with E-state index in [0.717, 1.165) is 26.1 Å². The van der Waals surface area contributed by atoms with Gasteiger partial charge in [-0.25, -0.2) is 4.90 Å². The van der Waals surface area contributed by atoms with Crippen LogP contribution in [0, 0.1) is 36.0 Å². The van der Waals surface area contributed by atoms with Crippen molar-refractivity contribution >= 4 is 78.4 Å². The number of ether oxygens (including phenoxy) is 1. The Balaban J connectivity index is 1.27. The highest BCUT2D eigenvalue weighted by Crippen LogP contribution is 2.64. The summed E-state index contributed by atoms with van der Waals surface area (Å²) in [5.74, 6) is -3.66. The molecule has 10 nitrogen and oxygen atoms in total. The minimum atomic E-state index is -1.27. The zero-order chi connectivity index (χ0) is 36.3. The SMILES string of the molecule is CCCN1C(=O)[C@H]2[C@H](CC=C3[C@H]2C[C@H]2C(=O)N(c4cc(-c5sc6ccc(Cl)cc6c5C)nn4C)C(=O)[C@@]2(C)[C@H]3c2cc(Br)c(O)c(OC)c2)C1=O. The Kier molecular flexibility index (Phi) is 8.04. The third-order valence-corrected chi connectivity index (χ3v) is 13.8. The lowest BCUT2D eigenvalue weighted by atomic mass is 9.51. The summed E-state index contributed by atoms with van der Waals surface area (Å²) in [4.78, 5) is 60.9. The van der Waals surface area contributed by atoms with Crippen molar-refractivity contribution in [2.45, 2.75) is 46.0 Å². The predicted molar refractivity (Wildman–Crippen MR) is 198 cm³/mol. The summed E-state index contributed by atoms with van der Waals surface area (Å²) >= 11 is 11.3. The number of benzene rings is 2. The fraction of sp³-hybridized carbons (Fsp3) is 0.395. The number of thiophene rings is 1. The Morgan fingerprint density at radius 2 is 1.86 bits per heavy atom. The van der Waals surface area contributed by atoms with Gasteiger partial charge in [0.25, 0.3) is 0 Å². The van der Waals surface area contributed by atoms with E-state index in [4.69, 9.17) is 21.4 Å². The topological polar surface area (TPSA) is 122 Å². The Bertz CT molecular complexity index is 2250.